The third-order valence-electron chi connectivity index (χ3n) is 3.03. The van der Waals surface area contributed by atoms with Crippen LogP contribution in [0.3, 0.4) is 0 Å². The summed E-state index contributed by atoms with van der Waals surface area (Å²) in [5, 5.41) is 5.37. The van der Waals surface area contributed by atoms with Gasteiger partial charge in [0.05, 0.1) is 12.8 Å². The van der Waals surface area contributed by atoms with E-state index in [0.29, 0.717) is 23.1 Å². The summed E-state index contributed by atoms with van der Waals surface area (Å²) in [4.78, 5) is 14.9. The van der Waals surface area contributed by atoms with Gasteiger partial charge in [0.1, 0.15) is 11.5 Å². The molecule has 3 heterocycles. The van der Waals surface area contributed by atoms with E-state index < -0.39 is 0 Å². The quantitative estimate of drug-likeness (QED) is 0.699. The summed E-state index contributed by atoms with van der Waals surface area (Å²) in [5.74, 6) is 0.579. The minimum absolute atomic E-state index is 0.126. The second-order valence-electron chi connectivity index (χ2n) is 4.43. The molecule has 0 aromatic carbocycles. The van der Waals surface area contributed by atoms with E-state index in [1.54, 1.807) is 23.7 Å². The summed E-state index contributed by atoms with van der Waals surface area (Å²) in [6.45, 7) is 2.36. The average Bonchev–Trinajstić information content (AvgIpc) is 3.11. The van der Waals surface area contributed by atoms with Crippen molar-refractivity contribution < 1.29 is 9.21 Å². The molecule has 0 spiro atoms. The van der Waals surface area contributed by atoms with Gasteiger partial charge in [-0.15, -0.1) is 11.3 Å². The van der Waals surface area contributed by atoms with Crippen molar-refractivity contribution in [1.29, 1.82) is 0 Å². The Morgan fingerprint density at radius 1 is 1.50 bits per heavy atom. The molecule has 0 aliphatic carbocycles. The van der Waals surface area contributed by atoms with Gasteiger partial charge in [0.2, 0.25) is 0 Å². The molecule has 6 heteroatoms. The van der Waals surface area contributed by atoms with E-state index in [1.807, 2.05) is 30.5 Å². The highest BCUT2D eigenvalue weighted by atomic mass is 32.1. The van der Waals surface area contributed by atoms with Gasteiger partial charge in [0, 0.05) is 4.88 Å². The highest BCUT2D eigenvalue weighted by molar-refractivity contribution is 7.80. The molecule has 0 radical (unpaired) electrons. The van der Waals surface area contributed by atoms with Gasteiger partial charge in [0.15, 0.2) is 5.11 Å². The summed E-state index contributed by atoms with van der Waals surface area (Å²) >= 11 is 6.81. The lowest BCUT2D eigenvalue weighted by Gasteiger charge is -2.11. The Hall–Kier alpha value is -1.92. The van der Waals surface area contributed by atoms with E-state index in [4.69, 9.17) is 16.6 Å². The fraction of sp³-hybridized carbons (Fsp3) is 0.143. The number of furan rings is 1. The highest BCUT2D eigenvalue weighted by Crippen LogP contribution is 2.22. The summed E-state index contributed by atoms with van der Waals surface area (Å²) in [6, 6.07) is 5.63. The van der Waals surface area contributed by atoms with Crippen molar-refractivity contribution in [1.82, 2.24) is 10.2 Å². The number of amides is 1. The van der Waals surface area contributed by atoms with Gasteiger partial charge in [0.25, 0.3) is 5.91 Å². The number of hydrogen-bond donors (Lipinski definition) is 1. The lowest BCUT2D eigenvalue weighted by molar-refractivity contribution is -0.122. The molecule has 0 atom stereocenters. The van der Waals surface area contributed by atoms with Gasteiger partial charge >= 0.3 is 0 Å². The molecule has 0 saturated carbocycles. The largest absolute Gasteiger partial charge is 0.467 e. The van der Waals surface area contributed by atoms with Crippen LogP contribution in [0.5, 0.6) is 0 Å². The number of thiocarbonyl (C=S) groups is 1. The van der Waals surface area contributed by atoms with Crippen LogP contribution >= 0.6 is 23.6 Å². The van der Waals surface area contributed by atoms with E-state index in [1.165, 1.54) is 4.90 Å². The van der Waals surface area contributed by atoms with Gasteiger partial charge < -0.3 is 9.73 Å². The van der Waals surface area contributed by atoms with E-state index in [2.05, 4.69) is 5.32 Å². The Morgan fingerprint density at radius 3 is 3.00 bits per heavy atom. The first kappa shape index (κ1) is 13.1. The molecule has 1 aliphatic rings. The molecular weight excluding hydrogens is 292 g/mol. The molecule has 0 bridgehead atoms. The molecule has 1 saturated heterocycles. The first-order valence-electron chi connectivity index (χ1n) is 6.06. The Bertz CT molecular complexity index is 686. The van der Waals surface area contributed by atoms with Crippen LogP contribution in [0.15, 0.2) is 40.0 Å². The lowest BCUT2D eigenvalue weighted by Crippen LogP contribution is -2.29. The van der Waals surface area contributed by atoms with Gasteiger partial charge in [-0.2, -0.15) is 0 Å². The van der Waals surface area contributed by atoms with Gasteiger partial charge in [-0.3, -0.25) is 9.69 Å². The smallest absolute Gasteiger partial charge is 0.276 e. The summed E-state index contributed by atoms with van der Waals surface area (Å²) < 4.78 is 5.25. The van der Waals surface area contributed by atoms with Gasteiger partial charge in [-0.25, -0.2) is 0 Å². The first-order valence-corrected chi connectivity index (χ1v) is 7.35. The Balaban J connectivity index is 1.83. The zero-order valence-corrected chi connectivity index (χ0v) is 12.4. The minimum atomic E-state index is -0.126. The van der Waals surface area contributed by atoms with E-state index in [-0.39, 0.29) is 5.91 Å². The number of rotatable bonds is 3. The fourth-order valence-corrected chi connectivity index (χ4v) is 3.05. The number of thiophene rings is 1. The van der Waals surface area contributed by atoms with Crippen molar-refractivity contribution >= 4 is 40.7 Å². The molecule has 4 nitrogen and oxygen atoms in total. The van der Waals surface area contributed by atoms with Crippen molar-refractivity contribution in [2.45, 2.75) is 13.5 Å². The lowest BCUT2D eigenvalue weighted by atomic mass is 10.2. The third-order valence-corrected chi connectivity index (χ3v) is 4.32. The Morgan fingerprint density at radius 2 is 2.35 bits per heavy atom. The van der Waals surface area contributed by atoms with Crippen LogP contribution < -0.4 is 5.32 Å². The number of carbonyl (C=O) groups is 1. The fourth-order valence-electron chi connectivity index (χ4n) is 1.94. The first-order chi connectivity index (χ1) is 9.65. The Labute approximate surface area is 125 Å². The van der Waals surface area contributed by atoms with E-state index in [9.17, 15) is 4.79 Å². The molecule has 0 unspecified atom stereocenters. The molecule has 102 valence electrons. The van der Waals surface area contributed by atoms with Gasteiger partial charge in [-0.1, -0.05) is 0 Å². The number of nitrogens with zero attached hydrogens (tertiary/aromatic N) is 1. The van der Waals surface area contributed by atoms with Crippen LogP contribution in [0.4, 0.5) is 0 Å². The van der Waals surface area contributed by atoms with Crippen molar-refractivity contribution in [3.8, 4) is 0 Å². The molecule has 2 aromatic rings. The van der Waals surface area contributed by atoms with Crippen LogP contribution in [0.2, 0.25) is 0 Å². The minimum Gasteiger partial charge on any atom is -0.467 e. The molecule has 1 N–H and O–H groups in total. The topological polar surface area (TPSA) is 45.5 Å². The summed E-state index contributed by atoms with van der Waals surface area (Å²) in [7, 11) is 0. The van der Waals surface area contributed by atoms with Crippen molar-refractivity contribution in [3.05, 3.63) is 51.7 Å². The highest BCUT2D eigenvalue weighted by Gasteiger charge is 2.31. The van der Waals surface area contributed by atoms with Crippen LogP contribution in [0, 0.1) is 6.92 Å². The molecule has 3 rings (SSSR count). The van der Waals surface area contributed by atoms with Crippen molar-refractivity contribution in [2.24, 2.45) is 0 Å². The molecule has 20 heavy (non-hydrogen) atoms. The van der Waals surface area contributed by atoms with Crippen LogP contribution in [0.1, 0.15) is 16.2 Å². The number of hydrogen-bond acceptors (Lipinski definition) is 4. The zero-order chi connectivity index (χ0) is 14.1. The third kappa shape index (κ3) is 2.39. The summed E-state index contributed by atoms with van der Waals surface area (Å²) in [6.07, 6.45) is 3.43. The molecule has 2 aromatic heterocycles. The number of aryl methyl sites for hydroxylation is 1. The van der Waals surface area contributed by atoms with Gasteiger partial charge in [-0.05, 0) is 54.4 Å². The standard InChI is InChI=1S/C14H12N2O2S2/c1-9-4-6-20-12(9)7-11-13(17)16(14(19)15-11)8-10-3-2-5-18-10/h2-7H,8H2,1H3,(H,15,19). The van der Waals surface area contributed by atoms with E-state index in [0.717, 1.165) is 10.4 Å². The average molecular weight is 304 g/mol. The zero-order valence-electron chi connectivity index (χ0n) is 10.8. The molecule has 1 amide bonds. The SMILES string of the molecule is Cc1ccsc1C=C1NC(=S)N(Cc2ccco2)C1=O. The van der Waals surface area contributed by atoms with E-state index >= 15 is 0 Å². The predicted octanol–water partition coefficient (Wildman–Crippen LogP) is 2.91. The number of carbonyl (C=O) groups excluding carboxylic acids is 1. The second-order valence-corrected chi connectivity index (χ2v) is 5.76. The monoisotopic (exact) mass is 304 g/mol. The maximum Gasteiger partial charge on any atom is 0.276 e. The second kappa shape index (κ2) is 5.22. The van der Waals surface area contributed by atoms with Crippen LogP contribution in [-0.2, 0) is 11.3 Å². The van der Waals surface area contributed by atoms with Crippen molar-refractivity contribution in [2.75, 3.05) is 0 Å². The van der Waals surface area contributed by atoms with Crippen LogP contribution in [-0.4, -0.2) is 15.9 Å². The summed E-state index contributed by atoms with van der Waals surface area (Å²) in [5.41, 5.74) is 1.65. The molecular formula is C14H12N2O2S2. The maximum absolute atomic E-state index is 12.4. The normalized spacial score (nSPS) is 17.1. The molecule has 1 aliphatic heterocycles. The molecule has 1 fully saturated rings. The predicted molar refractivity (Wildman–Crippen MR) is 82.0 cm³/mol. The Kier molecular flexibility index (Phi) is 3.42. The number of nitrogens with one attached hydrogen (secondary N) is 1. The maximum atomic E-state index is 12.4. The van der Waals surface area contributed by atoms with Crippen LogP contribution in [0.25, 0.3) is 6.08 Å². The van der Waals surface area contributed by atoms with Crippen molar-refractivity contribution in [3.63, 3.8) is 0 Å².